The summed E-state index contributed by atoms with van der Waals surface area (Å²) in [7, 11) is 0. The minimum atomic E-state index is -1.56. The van der Waals surface area contributed by atoms with Gasteiger partial charge in [-0.15, -0.1) is 0 Å². The van der Waals surface area contributed by atoms with Crippen molar-refractivity contribution in [2.24, 2.45) is 0 Å². The van der Waals surface area contributed by atoms with Crippen LogP contribution in [0.5, 0.6) is 0 Å². The number of allylic oxidation sites excluding steroid dienone is 1. The molecule has 1 aromatic carbocycles. The first-order valence-electron chi connectivity index (χ1n) is 6.83. The Morgan fingerprint density at radius 3 is 2.38 bits per heavy atom. The van der Waals surface area contributed by atoms with Gasteiger partial charge in [0.2, 0.25) is 0 Å². The van der Waals surface area contributed by atoms with Crippen LogP contribution in [0.4, 0.5) is 0 Å². The number of fused-ring (bicyclic) bond motifs is 1. The molecule has 2 aromatic rings. The zero-order valence-corrected chi connectivity index (χ0v) is 12.0. The van der Waals surface area contributed by atoms with Crippen molar-refractivity contribution in [2.45, 2.75) is 12.5 Å². The van der Waals surface area contributed by atoms with E-state index in [1.54, 1.807) is 24.3 Å². The standard InChI is InChI=1S/C14H10N4O6/c19-16(20)8-5-12(17(21)22)14(13(6-8)18(23)24)10-7-15-11-4-2-1-3-9(10)11/h1-5,7,13,15H,6H2. The van der Waals surface area contributed by atoms with Crippen molar-refractivity contribution in [1.82, 2.24) is 4.98 Å². The van der Waals surface area contributed by atoms with Crippen LogP contribution < -0.4 is 0 Å². The molecule has 1 aromatic heterocycles. The number of rotatable bonds is 4. The molecule has 1 atom stereocenters. The quantitative estimate of drug-likeness (QED) is 0.672. The Hall–Kier alpha value is -3.56. The largest absolute Gasteiger partial charge is 0.361 e. The second kappa shape index (κ2) is 5.57. The van der Waals surface area contributed by atoms with Gasteiger partial charge in [-0.05, 0) is 6.07 Å². The monoisotopic (exact) mass is 330 g/mol. The van der Waals surface area contributed by atoms with E-state index in [2.05, 4.69) is 4.98 Å². The molecule has 0 spiro atoms. The van der Waals surface area contributed by atoms with Crippen molar-refractivity contribution in [3.05, 3.63) is 83.8 Å². The van der Waals surface area contributed by atoms with E-state index >= 15 is 0 Å². The van der Waals surface area contributed by atoms with Crippen LogP contribution in [0.3, 0.4) is 0 Å². The predicted octanol–water partition coefficient (Wildman–Crippen LogP) is 2.37. The molecule has 1 aliphatic rings. The Bertz CT molecular complexity index is 942. The summed E-state index contributed by atoms with van der Waals surface area (Å²) in [4.78, 5) is 34.3. The number of benzene rings is 1. The number of hydrogen-bond acceptors (Lipinski definition) is 6. The summed E-state index contributed by atoms with van der Waals surface area (Å²) in [6.45, 7) is 0. The summed E-state index contributed by atoms with van der Waals surface area (Å²) < 4.78 is 0. The van der Waals surface area contributed by atoms with E-state index in [9.17, 15) is 30.3 Å². The number of hydrogen-bond donors (Lipinski definition) is 1. The van der Waals surface area contributed by atoms with Gasteiger partial charge in [-0.1, -0.05) is 18.2 Å². The number of para-hydroxylation sites is 1. The fourth-order valence-corrected chi connectivity index (χ4v) is 2.84. The van der Waals surface area contributed by atoms with Gasteiger partial charge in [-0.2, -0.15) is 0 Å². The molecule has 1 heterocycles. The Kier molecular flexibility index (Phi) is 3.56. The molecule has 0 fully saturated rings. The molecule has 3 rings (SSSR count). The van der Waals surface area contributed by atoms with E-state index in [4.69, 9.17) is 0 Å². The maximum atomic E-state index is 11.4. The first kappa shape index (κ1) is 15.3. The van der Waals surface area contributed by atoms with Gasteiger partial charge >= 0.3 is 0 Å². The van der Waals surface area contributed by atoms with Crippen molar-refractivity contribution < 1.29 is 14.8 Å². The molecule has 0 bridgehead atoms. The molecular formula is C14H10N4O6. The number of nitrogens with zero attached hydrogens (tertiary/aromatic N) is 3. The minimum Gasteiger partial charge on any atom is -0.361 e. The number of aromatic amines is 1. The molecule has 10 heteroatoms. The lowest BCUT2D eigenvalue weighted by atomic mass is 9.89. The van der Waals surface area contributed by atoms with Crippen LogP contribution in [-0.2, 0) is 0 Å². The average Bonchev–Trinajstić information content (AvgIpc) is 2.97. The highest BCUT2D eigenvalue weighted by Crippen LogP contribution is 2.37. The van der Waals surface area contributed by atoms with Gasteiger partial charge in [0.15, 0.2) is 0 Å². The zero-order valence-electron chi connectivity index (χ0n) is 12.0. The summed E-state index contributed by atoms with van der Waals surface area (Å²) in [6, 6.07) is 5.30. The second-order valence-electron chi connectivity index (χ2n) is 5.20. The fourth-order valence-electron chi connectivity index (χ4n) is 2.84. The maximum Gasteiger partial charge on any atom is 0.286 e. The van der Waals surface area contributed by atoms with Crippen molar-refractivity contribution in [3.8, 4) is 0 Å². The minimum absolute atomic E-state index is 0.131. The third kappa shape index (κ3) is 2.39. The number of nitro groups is 3. The molecular weight excluding hydrogens is 320 g/mol. The summed E-state index contributed by atoms with van der Waals surface area (Å²) in [5.74, 6) is 0. The summed E-state index contributed by atoms with van der Waals surface area (Å²) in [5.41, 5.74) is -0.342. The molecule has 0 radical (unpaired) electrons. The Labute approximate surface area is 133 Å². The first-order chi connectivity index (χ1) is 11.4. The highest BCUT2D eigenvalue weighted by atomic mass is 16.6. The number of nitrogens with one attached hydrogen (secondary N) is 1. The van der Waals surface area contributed by atoms with E-state index in [0.717, 1.165) is 6.08 Å². The van der Waals surface area contributed by atoms with Gasteiger partial charge in [-0.25, -0.2) is 0 Å². The lowest BCUT2D eigenvalue weighted by molar-refractivity contribution is -0.517. The van der Waals surface area contributed by atoms with E-state index in [0.29, 0.717) is 16.5 Å². The Morgan fingerprint density at radius 2 is 1.75 bits per heavy atom. The molecule has 0 aliphatic heterocycles. The SMILES string of the molecule is O=[N+]([O-])C1=CC([N+](=O)[O-])=C(c2c[nH]c3ccccc23)C([N+](=O)[O-])C1. The van der Waals surface area contributed by atoms with Crippen molar-refractivity contribution in [2.75, 3.05) is 0 Å². The van der Waals surface area contributed by atoms with Gasteiger partial charge in [0, 0.05) is 27.6 Å². The second-order valence-corrected chi connectivity index (χ2v) is 5.20. The topological polar surface area (TPSA) is 145 Å². The molecule has 1 unspecified atom stereocenters. The molecule has 122 valence electrons. The van der Waals surface area contributed by atoms with Crippen LogP contribution in [0.25, 0.3) is 16.5 Å². The Morgan fingerprint density at radius 1 is 1.04 bits per heavy atom. The van der Waals surface area contributed by atoms with Crippen molar-refractivity contribution in [3.63, 3.8) is 0 Å². The molecule has 0 saturated heterocycles. The van der Waals surface area contributed by atoms with Gasteiger partial charge in [0.25, 0.3) is 17.4 Å². The molecule has 0 saturated carbocycles. The Balaban J connectivity index is 2.33. The van der Waals surface area contributed by atoms with Crippen LogP contribution in [0.15, 0.2) is 47.9 Å². The molecule has 10 nitrogen and oxygen atoms in total. The smallest absolute Gasteiger partial charge is 0.286 e. The third-order valence-electron chi connectivity index (χ3n) is 3.88. The highest BCUT2D eigenvalue weighted by molar-refractivity contribution is 5.94. The summed E-state index contributed by atoms with van der Waals surface area (Å²) in [5, 5.41) is 34.3. The van der Waals surface area contributed by atoms with E-state index in [1.807, 2.05) is 0 Å². The third-order valence-corrected chi connectivity index (χ3v) is 3.88. The van der Waals surface area contributed by atoms with Gasteiger partial charge in [-0.3, -0.25) is 30.3 Å². The van der Waals surface area contributed by atoms with Gasteiger partial charge in [0.05, 0.1) is 15.9 Å². The normalized spacial score (nSPS) is 17.7. The van der Waals surface area contributed by atoms with Crippen LogP contribution in [0, 0.1) is 30.3 Å². The molecule has 24 heavy (non-hydrogen) atoms. The van der Waals surface area contributed by atoms with Crippen LogP contribution in [0.2, 0.25) is 0 Å². The van der Waals surface area contributed by atoms with Crippen LogP contribution in [-0.4, -0.2) is 25.8 Å². The van der Waals surface area contributed by atoms with Crippen LogP contribution >= 0.6 is 0 Å². The average molecular weight is 330 g/mol. The van der Waals surface area contributed by atoms with Gasteiger partial charge < -0.3 is 4.98 Å². The number of H-pyrrole nitrogens is 1. The maximum absolute atomic E-state index is 11.4. The van der Waals surface area contributed by atoms with E-state index < -0.39 is 38.6 Å². The predicted molar refractivity (Wildman–Crippen MR) is 82.7 cm³/mol. The molecule has 1 aliphatic carbocycles. The summed E-state index contributed by atoms with van der Waals surface area (Å²) in [6.07, 6.45) is 1.74. The van der Waals surface area contributed by atoms with Gasteiger partial charge in [0.1, 0.15) is 12.0 Å². The zero-order chi connectivity index (χ0) is 17.4. The van der Waals surface area contributed by atoms with Crippen molar-refractivity contribution >= 4 is 16.5 Å². The number of aromatic nitrogens is 1. The summed E-state index contributed by atoms with van der Waals surface area (Å²) >= 11 is 0. The van der Waals surface area contributed by atoms with E-state index in [-0.39, 0.29) is 5.57 Å². The lowest BCUT2D eigenvalue weighted by Gasteiger charge is -2.15. The first-order valence-corrected chi connectivity index (χ1v) is 6.83. The lowest BCUT2D eigenvalue weighted by Crippen LogP contribution is -2.28. The fraction of sp³-hybridized carbons (Fsp3) is 0.143. The van der Waals surface area contributed by atoms with Crippen LogP contribution in [0.1, 0.15) is 12.0 Å². The van der Waals surface area contributed by atoms with E-state index in [1.165, 1.54) is 6.20 Å². The molecule has 0 amide bonds. The van der Waals surface area contributed by atoms with Crippen molar-refractivity contribution in [1.29, 1.82) is 0 Å². The highest BCUT2D eigenvalue weighted by Gasteiger charge is 2.43. The molecule has 1 N–H and O–H groups in total.